The summed E-state index contributed by atoms with van der Waals surface area (Å²) < 4.78 is 1.80. The molecule has 0 aliphatic heterocycles. The molecule has 14 heavy (non-hydrogen) atoms. The summed E-state index contributed by atoms with van der Waals surface area (Å²) in [5.74, 6) is 0. The molecule has 0 aromatic carbocycles. The molecule has 1 aromatic heterocycles. The van der Waals surface area contributed by atoms with Crippen molar-refractivity contribution in [3.05, 3.63) is 18.0 Å². The maximum Gasteiger partial charge on any atom is 0.0729 e. The second-order valence-electron chi connectivity index (χ2n) is 4.83. The van der Waals surface area contributed by atoms with Gasteiger partial charge in [0.2, 0.25) is 0 Å². The fourth-order valence-electron chi connectivity index (χ4n) is 2.44. The molecule has 0 spiro atoms. The zero-order chi connectivity index (χ0) is 10.4. The van der Waals surface area contributed by atoms with E-state index in [1.54, 1.807) is 4.68 Å². The van der Waals surface area contributed by atoms with Crippen LogP contribution in [0.2, 0.25) is 0 Å². The minimum atomic E-state index is -0.610. The summed E-state index contributed by atoms with van der Waals surface area (Å²) in [7, 11) is 1.91. The minimum absolute atomic E-state index is 0.172. The molecule has 1 aliphatic rings. The fraction of sp³-hybridized carbons (Fsp3) is 0.727. The van der Waals surface area contributed by atoms with Crippen LogP contribution in [0.15, 0.2) is 12.3 Å². The van der Waals surface area contributed by atoms with E-state index >= 15 is 0 Å². The monoisotopic (exact) mass is 194 g/mol. The fourth-order valence-corrected chi connectivity index (χ4v) is 2.44. The molecule has 0 amide bonds. The topological polar surface area (TPSA) is 38.0 Å². The second-order valence-corrected chi connectivity index (χ2v) is 4.83. The van der Waals surface area contributed by atoms with Crippen LogP contribution in [0.1, 0.15) is 38.8 Å². The molecule has 2 unspecified atom stereocenters. The predicted octanol–water partition coefficient (Wildman–Crippen LogP) is 1.61. The molecule has 3 nitrogen and oxygen atoms in total. The van der Waals surface area contributed by atoms with Crippen LogP contribution < -0.4 is 0 Å². The van der Waals surface area contributed by atoms with Gasteiger partial charge >= 0.3 is 0 Å². The maximum absolute atomic E-state index is 10.3. The lowest BCUT2D eigenvalue weighted by Crippen LogP contribution is -2.42. The first-order valence-corrected chi connectivity index (χ1v) is 5.18. The number of aromatic nitrogens is 2. The predicted molar refractivity (Wildman–Crippen MR) is 55.0 cm³/mol. The molecule has 1 heterocycles. The normalized spacial score (nSPS) is 37.7. The number of aryl methyl sites for hydroxylation is 1. The lowest BCUT2D eigenvalue weighted by Gasteiger charge is -2.35. The van der Waals surface area contributed by atoms with E-state index in [1.165, 1.54) is 0 Å². The van der Waals surface area contributed by atoms with Gasteiger partial charge in [-0.1, -0.05) is 6.92 Å². The molecule has 1 fully saturated rings. The third-order valence-electron chi connectivity index (χ3n) is 3.81. The van der Waals surface area contributed by atoms with Crippen molar-refractivity contribution < 1.29 is 5.11 Å². The van der Waals surface area contributed by atoms with Gasteiger partial charge in [-0.05, 0) is 32.3 Å². The molecule has 2 rings (SSSR count). The van der Waals surface area contributed by atoms with Crippen LogP contribution in [-0.2, 0) is 12.5 Å². The van der Waals surface area contributed by atoms with E-state index in [1.807, 2.05) is 26.2 Å². The lowest BCUT2D eigenvalue weighted by atomic mass is 9.74. The Morgan fingerprint density at radius 3 is 2.57 bits per heavy atom. The largest absolute Gasteiger partial charge is 0.389 e. The van der Waals surface area contributed by atoms with E-state index < -0.39 is 5.60 Å². The van der Waals surface area contributed by atoms with Gasteiger partial charge < -0.3 is 5.11 Å². The first-order chi connectivity index (χ1) is 6.46. The van der Waals surface area contributed by atoms with Crippen molar-refractivity contribution in [1.82, 2.24) is 9.78 Å². The van der Waals surface area contributed by atoms with Gasteiger partial charge in [0.1, 0.15) is 0 Å². The van der Waals surface area contributed by atoms with Gasteiger partial charge in [-0.25, -0.2) is 0 Å². The van der Waals surface area contributed by atoms with Gasteiger partial charge in [0.25, 0.3) is 0 Å². The van der Waals surface area contributed by atoms with E-state index in [0.29, 0.717) is 0 Å². The second kappa shape index (κ2) is 2.83. The highest BCUT2D eigenvalue weighted by molar-refractivity contribution is 5.22. The average Bonchev–Trinajstić information content (AvgIpc) is 2.60. The number of nitrogens with zero attached hydrogens (tertiary/aromatic N) is 2. The van der Waals surface area contributed by atoms with Gasteiger partial charge in [-0.15, -0.1) is 0 Å². The summed E-state index contributed by atoms with van der Waals surface area (Å²) >= 11 is 0. The third kappa shape index (κ3) is 1.19. The molecule has 0 saturated heterocycles. The van der Waals surface area contributed by atoms with Crippen LogP contribution in [0.25, 0.3) is 0 Å². The van der Waals surface area contributed by atoms with Crippen molar-refractivity contribution in [3.8, 4) is 0 Å². The summed E-state index contributed by atoms with van der Waals surface area (Å²) in [6.45, 7) is 4.04. The Hall–Kier alpha value is -0.830. The van der Waals surface area contributed by atoms with Crippen LogP contribution in [0.5, 0.6) is 0 Å². The smallest absolute Gasteiger partial charge is 0.0729 e. The van der Waals surface area contributed by atoms with Crippen molar-refractivity contribution in [2.75, 3.05) is 0 Å². The molecule has 3 heteroatoms. The van der Waals surface area contributed by atoms with Crippen molar-refractivity contribution in [2.24, 2.45) is 7.05 Å². The Bertz CT molecular complexity index is 343. The molecule has 1 saturated carbocycles. The van der Waals surface area contributed by atoms with E-state index in [4.69, 9.17) is 0 Å². The minimum Gasteiger partial charge on any atom is -0.389 e. The van der Waals surface area contributed by atoms with Gasteiger partial charge in [-0.3, -0.25) is 4.68 Å². The van der Waals surface area contributed by atoms with Crippen LogP contribution in [0, 0.1) is 0 Å². The van der Waals surface area contributed by atoms with E-state index in [0.717, 1.165) is 25.0 Å². The number of hydrogen-bond donors (Lipinski definition) is 1. The van der Waals surface area contributed by atoms with Crippen LogP contribution >= 0.6 is 0 Å². The third-order valence-corrected chi connectivity index (χ3v) is 3.81. The molecular formula is C11H18N2O. The van der Waals surface area contributed by atoms with Gasteiger partial charge in [0.15, 0.2) is 0 Å². The summed E-state index contributed by atoms with van der Waals surface area (Å²) in [5, 5.41) is 14.7. The Labute approximate surface area is 84.7 Å². The quantitative estimate of drug-likeness (QED) is 0.737. The molecule has 1 N–H and O–H groups in total. The molecule has 2 atom stereocenters. The van der Waals surface area contributed by atoms with Crippen molar-refractivity contribution in [3.63, 3.8) is 0 Å². The number of hydrogen-bond acceptors (Lipinski definition) is 2. The van der Waals surface area contributed by atoms with E-state index in [9.17, 15) is 5.11 Å². The van der Waals surface area contributed by atoms with Gasteiger partial charge in [0, 0.05) is 18.7 Å². The maximum atomic E-state index is 10.3. The van der Waals surface area contributed by atoms with Crippen LogP contribution in [-0.4, -0.2) is 20.5 Å². The first kappa shape index (κ1) is 9.71. The molecule has 0 bridgehead atoms. The molecular weight excluding hydrogens is 176 g/mol. The van der Waals surface area contributed by atoms with E-state index in [-0.39, 0.29) is 5.41 Å². The summed E-state index contributed by atoms with van der Waals surface area (Å²) in [4.78, 5) is 0. The molecule has 78 valence electrons. The first-order valence-electron chi connectivity index (χ1n) is 5.18. The zero-order valence-electron chi connectivity index (χ0n) is 9.12. The molecule has 0 radical (unpaired) electrons. The Kier molecular flexibility index (Phi) is 1.96. The highest BCUT2D eigenvalue weighted by Gasteiger charge is 2.49. The summed E-state index contributed by atoms with van der Waals surface area (Å²) in [6.07, 6.45) is 4.92. The Morgan fingerprint density at radius 2 is 2.14 bits per heavy atom. The highest BCUT2D eigenvalue weighted by Crippen LogP contribution is 2.47. The lowest BCUT2D eigenvalue weighted by molar-refractivity contribution is 0.00494. The zero-order valence-corrected chi connectivity index (χ0v) is 9.12. The summed E-state index contributed by atoms with van der Waals surface area (Å²) in [6, 6.07) is 2.01. The SMILES string of the molecule is Cn1ccc(C2(C)CCCC2(C)O)n1. The Morgan fingerprint density at radius 1 is 1.43 bits per heavy atom. The van der Waals surface area contributed by atoms with E-state index in [2.05, 4.69) is 12.0 Å². The number of rotatable bonds is 1. The number of aliphatic hydroxyl groups is 1. The molecule has 1 aliphatic carbocycles. The van der Waals surface area contributed by atoms with Crippen molar-refractivity contribution in [1.29, 1.82) is 0 Å². The van der Waals surface area contributed by atoms with Crippen LogP contribution in [0.4, 0.5) is 0 Å². The van der Waals surface area contributed by atoms with Gasteiger partial charge in [-0.2, -0.15) is 5.10 Å². The van der Waals surface area contributed by atoms with Gasteiger partial charge in [0.05, 0.1) is 11.3 Å². The standard InChI is InChI=1S/C11H18N2O/c1-10(6-4-7-11(10,2)14)9-5-8-13(3)12-9/h5,8,14H,4,6-7H2,1-3H3. The average molecular weight is 194 g/mol. The Balaban J connectivity index is 2.41. The van der Waals surface area contributed by atoms with Crippen LogP contribution in [0.3, 0.4) is 0 Å². The van der Waals surface area contributed by atoms with Crippen molar-refractivity contribution >= 4 is 0 Å². The summed E-state index contributed by atoms with van der Waals surface area (Å²) in [5.41, 5.74) is 0.234. The highest BCUT2D eigenvalue weighted by atomic mass is 16.3. The molecule has 1 aromatic rings. The van der Waals surface area contributed by atoms with Crippen molar-refractivity contribution in [2.45, 2.75) is 44.1 Å².